The van der Waals surface area contributed by atoms with Gasteiger partial charge in [0.2, 0.25) is 0 Å². The average Bonchev–Trinajstić information content (AvgIpc) is 2.80. The Hall–Kier alpha value is -3.01. The van der Waals surface area contributed by atoms with Crippen molar-refractivity contribution in [3.63, 3.8) is 0 Å². The van der Waals surface area contributed by atoms with E-state index in [9.17, 15) is 10.1 Å². The minimum atomic E-state index is -0.748. The third-order valence-electron chi connectivity index (χ3n) is 5.57. The third kappa shape index (κ3) is 3.56. The van der Waals surface area contributed by atoms with Crippen molar-refractivity contribution in [2.45, 2.75) is 5.92 Å². The Kier molecular flexibility index (Phi) is 5.55. The molecular weight excluding hydrogens is 497 g/mol. The normalized spacial score (nSPS) is 15.5. The molecule has 162 valence electrons. The Morgan fingerprint density at radius 3 is 2.36 bits per heavy atom. The second kappa shape index (κ2) is 8.40. The lowest BCUT2D eigenvalue weighted by Gasteiger charge is -2.35. The molecule has 33 heavy (non-hydrogen) atoms. The standard InChI is InChI=1S/C25H14Cl3N3OS/c26-13-7-9-20-17(10-13)23(32)22-21(16-8-6-14(27)11-19(16)28)18(12-29)24(30)31(25(22)33-20)15-4-2-1-3-5-15/h1-11,21H,30H2. The van der Waals surface area contributed by atoms with Crippen LogP contribution in [0.5, 0.6) is 0 Å². The highest BCUT2D eigenvalue weighted by Crippen LogP contribution is 2.49. The van der Waals surface area contributed by atoms with Crippen LogP contribution in [0.1, 0.15) is 17.0 Å². The van der Waals surface area contributed by atoms with Crippen LogP contribution in [0.2, 0.25) is 15.1 Å². The van der Waals surface area contributed by atoms with E-state index in [4.69, 9.17) is 40.5 Å². The predicted molar refractivity (Wildman–Crippen MR) is 137 cm³/mol. The van der Waals surface area contributed by atoms with Crippen molar-refractivity contribution >= 4 is 66.9 Å². The van der Waals surface area contributed by atoms with Crippen LogP contribution < -0.4 is 16.1 Å². The summed E-state index contributed by atoms with van der Waals surface area (Å²) in [6.45, 7) is 0. The van der Waals surface area contributed by atoms with Gasteiger partial charge in [0, 0.05) is 36.4 Å². The molecule has 0 radical (unpaired) electrons. The molecule has 1 aliphatic rings. The molecule has 0 saturated heterocycles. The quantitative estimate of drug-likeness (QED) is 0.309. The highest BCUT2D eigenvalue weighted by atomic mass is 35.5. The monoisotopic (exact) mass is 509 g/mol. The molecule has 0 aliphatic carbocycles. The number of allylic oxidation sites excluding steroid dienone is 1. The Balaban J connectivity index is 1.93. The van der Waals surface area contributed by atoms with Crippen LogP contribution in [0.15, 0.2) is 82.9 Å². The number of hydrogen-bond donors (Lipinski definition) is 1. The molecule has 2 heterocycles. The Morgan fingerprint density at radius 1 is 0.970 bits per heavy atom. The van der Waals surface area contributed by atoms with Crippen LogP contribution in [0.4, 0.5) is 10.7 Å². The van der Waals surface area contributed by atoms with E-state index >= 15 is 0 Å². The molecule has 8 heteroatoms. The Bertz CT molecular complexity index is 1560. The van der Waals surface area contributed by atoms with Crippen LogP contribution >= 0.6 is 46.1 Å². The van der Waals surface area contributed by atoms with Crippen LogP contribution in [-0.4, -0.2) is 0 Å². The van der Waals surface area contributed by atoms with Gasteiger partial charge in [0.05, 0.1) is 17.6 Å². The van der Waals surface area contributed by atoms with Crippen molar-refractivity contribution < 1.29 is 0 Å². The summed E-state index contributed by atoms with van der Waals surface area (Å²) < 4.78 is 0.762. The van der Waals surface area contributed by atoms with E-state index in [1.807, 2.05) is 36.4 Å². The molecular formula is C25H14Cl3N3OS. The summed E-state index contributed by atoms with van der Waals surface area (Å²) in [6, 6.07) is 21.9. The summed E-state index contributed by atoms with van der Waals surface area (Å²) in [5.74, 6) is -0.502. The van der Waals surface area contributed by atoms with E-state index in [2.05, 4.69) is 6.07 Å². The van der Waals surface area contributed by atoms with Crippen LogP contribution in [-0.2, 0) is 0 Å². The van der Waals surface area contributed by atoms with Gasteiger partial charge in [-0.25, -0.2) is 0 Å². The Morgan fingerprint density at radius 2 is 1.67 bits per heavy atom. The highest BCUT2D eigenvalue weighted by molar-refractivity contribution is 7.22. The summed E-state index contributed by atoms with van der Waals surface area (Å²) in [5.41, 5.74) is 8.37. The van der Waals surface area contributed by atoms with E-state index in [1.54, 1.807) is 35.2 Å². The first-order valence-corrected chi connectivity index (χ1v) is 11.8. The largest absolute Gasteiger partial charge is 0.384 e. The third-order valence-corrected chi connectivity index (χ3v) is 7.54. The summed E-state index contributed by atoms with van der Waals surface area (Å²) in [5, 5.41) is 12.5. The molecule has 3 aromatic carbocycles. The first-order valence-electron chi connectivity index (χ1n) is 9.87. The second-order valence-electron chi connectivity index (χ2n) is 7.47. The maximum Gasteiger partial charge on any atom is 0.194 e. The summed E-state index contributed by atoms with van der Waals surface area (Å²) >= 11 is 20.3. The van der Waals surface area contributed by atoms with E-state index in [-0.39, 0.29) is 16.8 Å². The number of benzene rings is 3. The maximum atomic E-state index is 13.9. The van der Waals surface area contributed by atoms with Crippen molar-refractivity contribution in [2.75, 3.05) is 4.90 Å². The molecule has 0 saturated carbocycles. The van der Waals surface area contributed by atoms with Gasteiger partial charge in [-0.2, -0.15) is 5.26 Å². The Labute approximate surface area is 208 Å². The van der Waals surface area contributed by atoms with Gasteiger partial charge in [-0.05, 0) is 48.0 Å². The number of rotatable bonds is 2. The lowest BCUT2D eigenvalue weighted by molar-refractivity contribution is 0.895. The highest BCUT2D eigenvalue weighted by Gasteiger charge is 2.38. The maximum absolute atomic E-state index is 13.9. The molecule has 0 bridgehead atoms. The molecule has 0 fully saturated rings. The van der Waals surface area contributed by atoms with Crippen molar-refractivity contribution in [3.05, 3.63) is 115 Å². The predicted octanol–water partition coefficient (Wildman–Crippen LogP) is 7.20. The molecule has 1 aromatic heterocycles. The number of nitrogens with zero attached hydrogens (tertiary/aromatic N) is 2. The number of anilines is 2. The zero-order valence-electron chi connectivity index (χ0n) is 16.9. The lowest BCUT2D eigenvalue weighted by Crippen LogP contribution is -2.34. The molecule has 1 unspecified atom stereocenters. The molecule has 5 rings (SSSR count). The van der Waals surface area contributed by atoms with E-state index in [1.165, 1.54) is 11.3 Å². The molecule has 2 N–H and O–H groups in total. The first-order chi connectivity index (χ1) is 15.9. The van der Waals surface area contributed by atoms with E-state index in [0.717, 1.165) is 10.4 Å². The minimum absolute atomic E-state index is 0.224. The van der Waals surface area contributed by atoms with Crippen molar-refractivity contribution in [2.24, 2.45) is 5.73 Å². The topological polar surface area (TPSA) is 70.1 Å². The van der Waals surface area contributed by atoms with Crippen molar-refractivity contribution in [3.8, 4) is 6.07 Å². The summed E-state index contributed by atoms with van der Waals surface area (Å²) in [6.07, 6.45) is 0. The van der Waals surface area contributed by atoms with Gasteiger partial charge in [-0.3, -0.25) is 9.69 Å². The molecule has 1 aliphatic heterocycles. The van der Waals surface area contributed by atoms with E-state index in [0.29, 0.717) is 36.6 Å². The van der Waals surface area contributed by atoms with Gasteiger partial charge in [0.15, 0.2) is 5.43 Å². The molecule has 0 amide bonds. The van der Waals surface area contributed by atoms with Gasteiger partial charge in [0.1, 0.15) is 10.8 Å². The van der Waals surface area contributed by atoms with Crippen LogP contribution in [0.25, 0.3) is 10.1 Å². The number of nitrogens with two attached hydrogens (primary N) is 1. The molecule has 1 atom stereocenters. The minimum Gasteiger partial charge on any atom is -0.384 e. The number of nitriles is 1. The number of hydrogen-bond acceptors (Lipinski definition) is 5. The van der Waals surface area contributed by atoms with Gasteiger partial charge in [-0.1, -0.05) is 59.1 Å². The zero-order chi connectivity index (χ0) is 23.3. The van der Waals surface area contributed by atoms with Crippen LogP contribution in [0.3, 0.4) is 0 Å². The number of para-hydroxylation sites is 1. The molecule has 4 aromatic rings. The lowest BCUT2D eigenvalue weighted by atomic mass is 9.83. The smallest absolute Gasteiger partial charge is 0.194 e. The van der Waals surface area contributed by atoms with Crippen LogP contribution in [0, 0.1) is 11.3 Å². The molecule has 4 nitrogen and oxygen atoms in total. The van der Waals surface area contributed by atoms with Crippen molar-refractivity contribution in [1.29, 1.82) is 5.26 Å². The van der Waals surface area contributed by atoms with Gasteiger partial charge < -0.3 is 5.73 Å². The zero-order valence-corrected chi connectivity index (χ0v) is 19.9. The first kappa shape index (κ1) is 21.8. The summed E-state index contributed by atoms with van der Waals surface area (Å²) in [7, 11) is 0. The van der Waals surface area contributed by atoms with Crippen molar-refractivity contribution in [1.82, 2.24) is 0 Å². The fourth-order valence-electron chi connectivity index (χ4n) is 4.11. The van der Waals surface area contributed by atoms with Gasteiger partial charge in [-0.15, -0.1) is 11.3 Å². The summed E-state index contributed by atoms with van der Waals surface area (Å²) in [4.78, 5) is 15.7. The number of fused-ring (bicyclic) bond motifs is 2. The second-order valence-corrected chi connectivity index (χ2v) is 9.78. The SMILES string of the molecule is N#CC1=C(N)N(c2ccccc2)c2sc3ccc(Cl)cc3c(=O)c2C1c1ccc(Cl)cc1Cl. The fourth-order valence-corrected chi connectivity index (χ4v) is 6.03. The van der Waals surface area contributed by atoms with Gasteiger partial charge >= 0.3 is 0 Å². The average molecular weight is 511 g/mol. The number of halogens is 3. The van der Waals surface area contributed by atoms with E-state index < -0.39 is 5.92 Å². The van der Waals surface area contributed by atoms with Gasteiger partial charge in [0.25, 0.3) is 0 Å². The molecule has 0 spiro atoms. The fraction of sp³-hybridized carbons (Fsp3) is 0.0400.